The van der Waals surface area contributed by atoms with Gasteiger partial charge in [0.2, 0.25) is 0 Å². The minimum absolute atomic E-state index is 0.198. The van der Waals surface area contributed by atoms with Crippen LogP contribution < -0.4 is 21.1 Å². The number of piperidine rings is 1. The van der Waals surface area contributed by atoms with Gasteiger partial charge in [0.05, 0.1) is 7.11 Å². The maximum atomic E-state index is 13.2. The van der Waals surface area contributed by atoms with Gasteiger partial charge in [0.25, 0.3) is 11.8 Å². The first-order chi connectivity index (χ1) is 21.0. The van der Waals surface area contributed by atoms with Crippen LogP contribution in [0.15, 0.2) is 97.1 Å². The molecule has 0 radical (unpaired) electrons. The predicted molar refractivity (Wildman–Crippen MR) is 171 cm³/mol. The number of nitrogens with two attached hydrogens (primary N) is 1. The summed E-state index contributed by atoms with van der Waals surface area (Å²) in [7, 11) is 1.59. The van der Waals surface area contributed by atoms with Gasteiger partial charge in [-0.1, -0.05) is 60.7 Å². The topological polar surface area (TPSA) is 96.7 Å². The second-order valence-corrected chi connectivity index (χ2v) is 11.2. The van der Waals surface area contributed by atoms with Gasteiger partial charge >= 0.3 is 0 Å². The largest absolute Gasteiger partial charge is 0.497 e. The molecule has 0 unspecified atom stereocenters. The fourth-order valence-electron chi connectivity index (χ4n) is 5.52. The molecule has 0 spiro atoms. The molecule has 7 nitrogen and oxygen atoms in total. The van der Waals surface area contributed by atoms with Crippen molar-refractivity contribution in [2.24, 2.45) is 11.7 Å². The number of carbonyl (C=O) groups excluding carboxylic acids is 2. The molecular weight excluding hydrogens is 536 g/mol. The molecule has 2 amide bonds. The van der Waals surface area contributed by atoms with Crippen molar-refractivity contribution in [3.8, 4) is 5.75 Å². The summed E-state index contributed by atoms with van der Waals surface area (Å²) in [5.41, 5.74) is 11.8. The summed E-state index contributed by atoms with van der Waals surface area (Å²) < 4.78 is 5.23. The molecule has 1 aliphatic rings. The second kappa shape index (κ2) is 14.6. The van der Waals surface area contributed by atoms with Crippen molar-refractivity contribution in [3.05, 3.63) is 130 Å². The first-order valence-electron chi connectivity index (χ1n) is 14.9. The Balaban J connectivity index is 1.28. The summed E-state index contributed by atoms with van der Waals surface area (Å²) in [6.07, 6.45) is 3.38. The lowest BCUT2D eigenvalue weighted by molar-refractivity contribution is 0.0949. The third-order valence-corrected chi connectivity index (χ3v) is 8.15. The van der Waals surface area contributed by atoms with Crippen LogP contribution in [0.5, 0.6) is 5.75 Å². The third-order valence-electron chi connectivity index (χ3n) is 8.15. The monoisotopic (exact) mass is 576 g/mol. The molecule has 4 aromatic rings. The molecule has 1 saturated heterocycles. The molecule has 0 aliphatic carbocycles. The van der Waals surface area contributed by atoms with Crippen LogP contribution in [0.2, 0.25) is 0 Å². The SMILES string of the molecule is COc1ccc(C(=O)Nc2cc(C(=O)NCc3ccc(CN)cc3)ccc2CN2CCC(Cc3ccccc3)CC2)cc1. The zero-order valence-corrected chi connectivity index (χ0v) is 24.7. The first kappa shape index (κ1) is 30.0. The number of methoxy groups -OCH3 is 1. The van der Waals surface area contributed by atoms with E-state index in [9.17, 15) is 9.59 Å². The molecule has 4 N–H and O–H groups in total. The van der Waals surface area contributed by atoms with E-state index < -0.39 is 0 Å². The number of hydrogen-bond acceptors (Lipinski definition) is 5. The van der Waals surface area contributed by atoms with Gasteiger partial charge in [-0.15, -0.1) is 0 Å². The van der Waals surface area contributed by atoms with Crippen LogP contribution >= 0.6 is 0 Å². The van der Waals surface area contributed by atoms with Gasteiger partial charge in [-0.3, -0.25) is 14.5 Å². The summed E-state index contributed by atoms with van der Waals surface area (Å²) in [6.45, 7) is 3.57. The summed E-state index contributed by atoms with van der Waals surface area (Å²) in [4.78, 5) is 28.8. The highest BCUT2D eigenvalue weighted by Crippen LogP contribution is 2.26. The highest BCUT2D eigenvalue weighted by Gasteiger charge is 2.21. The first-order valence-corrected chi connectivity index (χ1v) is 14.9. The van der Waals surface area contributed by atoms with E-state index in [-0.39, 0.29) is 11.8 Å². The van der Waals surface area contributed by atoms with Gasteiger partial charge in [-0.05, 0) is 96.9 Å². The van der Waals surface area contributed by atoms with E-state index in [1.54, 1.807) is 37.4 Å². The number of likely N-dealkylation sites (tertiary alicyclic amines) is 1. The molecule has 4 aromatic carbocycles. The van der Waals surface area contributed by atoms with E-state index in [2.05, 4.69) is 45.9 Å². The van der Waals surface area contributed by atoms with Crippen LogP contribution in [0.4, 0.5) is 5.69 Å². The van der Waals surface area contributed by atoms with Crippen LogP contribution in [0, 0.1) is 5.92 Å². The standard InChI is InChI=1S/C36H40N4O3/c1-43-33-15-13-30(14-16-33)36(42)39-34-22-31(35(41)38-24-29-9-7-28(23-37)8-10-29)11-12-32(34)25-40-19-17-27(18-20-40)21-26-5-3-2-4-6-26/h2-16,22,27H,17-21,23-25,37H2,1H3,(H,38,41)(H,39,42). The van der Waals surface area contributed by atoms with Gasteiger partial charge in [0.15, 0.2) is 0 Å². The minimum Gasteiger partial charge on any atom is -0.497 e. The Bertz CT molecular complexity index is 1500. The lowest BCUT2D eigenvalue weighted by Crippen LogP contribution is -2.34. The zero-order valence-electron chi connectivity index (χ0n) is 24.7. The number of carbonyl (C=O) groups is 2. The molecule has 1 heterocycles. The van der Waals surface area contributed by atoms with Gasteiger partial charge in [-0.25, -0.2) is 0 Å². The quantitative estimate of drug-likeness (QED) is 0.210. The number of anilines is 1. The Labute approximate surface area is 254 Å². The summed E-state index contributed by atoms with van der Waals surface area (Å²) >= 11 is 0. The lowest BCUT2D eigenvalue weighted by atomic mass is 9.90. The number of nitrogens with zero attached hydrogens (tertiary/aromatic N) is 1. The van der Waals surface area contributed by atoms with E-state index in [0.717, 1.165) is 49.0 Å². The van der Waals surface area contributed by atoms with Crippen LogP contribution in [0.1, 0.15) is 55.8 Å². The number of nitrogens with one attached hydrogen (secondary N) is 2. The number of rotatable bonds is 11. The van der Waals surface area contributed by atoms with E-state index in [4.69, 9.17) is 10.5 Å². The summed E-state index contributed by atoms with van der Waals surface area (Å²) in [5, 5.41) is 6.07. The van der Waals surface area contributed by atoms with Crippen LogP contribution in [0.25, 0.3) is 0 Å². The number of hydrogen-bond donors (Lipinski definition) is 3. The molecule has 1 fully saturated rings. The normalized spacial score (nSPS) is 13.8. The lowest BCUT2D eigenvalue weighted by Gasteiger charge is -2.32. The molecule has 0 aromatic heterocycles. The van der Waals surface area contributed by atoms with Crippen molar-refractivity contribution in [1.82, 2.24) is 10.2 Å². The van der Waals surface area contributed by atoms with E-state index in [1.807, 2.05) is 36.4 Å². The second-order valence-electron chi connectivity index (χ2n) is 11.2. The smallest absolute Gasteiger partial charge is 0.255 e. The fourth-order valence-corrected chi connectivity index (χ4v) is 5.52. The highest BCUT2D eigenvalue weighted by molar-refractivity contribution is 6.05. The summed E-state index contributed by atoms with van der Waals surface area (Å²) in [6, 6.07) is 31.1. The number of ether oxygens (including phenoxy) is 1. The average Bonchev–Trinajstić information content (AvgIpc) is 3.06. The molecule has 222 valence electrons. The summed E-state index contributed by atoms with van der Waals surface area (Å²) in [5.74, 6) is 0.925. The van der Waals surface area contributed by atoms with Gasteiger partial charge in [-0.2, -0.15) is 0 Å². The van der Waals surface area contributed by atoms with E-state index in [0.29, 0.717) is 48.1 Å². The molecule has 5 rings (SSSR count). The Kier molecular flexibility index (Phi) is 10.2. The maximum Gasteiger partial charge on any atom is 0.255 e. The molecular formula is C36H40N4O3. The Morgan fingerprint density at radius 2 is 1.49 bits per heavy atom. The Morgan fingerprint density at radius 1 is 0.814 bits per heavy atom. The van der Waals surface area contributed by atoms with Crippen molar-refractivity contribution in [2.75, 3.05) is 25.5 Å². The van der Waals surface area contributed by atoms with Crippen molar-refractivity contribution in [1.29, 1.82) is 0 Å². The minimum atomic E-state index is -0.233. The molecule has 7 heteroatoms. The predicted octanol–water partition coefficient (Wildman–Crippen LogP) is 5.79. The van der Waals surface area contributed by atoms with Crippen molar-refractivity contribution >= 4 is 17.5 Å². The third kappa shape index (κ3) is 8.31. The maximum absolute atomic E-state index is 13.2. The average molecular weight is 577 g/mol. The van der Waals surface area contributed by atoms with Crippen molar-refractivity contribution in [3.63, 3.8) is 0 Å². The van der Waals surface area contributed by atoms with E-state index >= 15 is 0 Å². The number of benzene rings is 4. The molecule has 1 aliphatic heterocycles. The van der Waals surface area contributed by atoms with Crippen LogP contribution in [-0.4, -0.2) is 36.9 Å². The Hall–Kier alpha value is -4.46. The molecule has 43 heavy (non-hydrogen) atoms. The molecule has 0 atom stereocenters. The van der Waals surface area contributed by atoms with E-state index in [1.165, 1.54) is 5.56 Å². The zero-order chi connectivity index (χ0) is 30.0. The molecule has 0 bridgehead atoms. The van der Waals surface area contributed by atoms with Crippen LogP contribution in [0.3, 0.4) is 0 Å². The van der Waals surface area contributed by atoms with Crippen molar-refractivity contribution in [2.45, 2.75) is 38.9 Å². The van der Waals surface area contributed by atoms with Gasteiger partial charge in [0.1, 0.15) is 5.75 Å². The Morgan fingerprint density at radius 3 is 2.16 bits per heavy atom. The van der Waals surface area contributed by atoms with Crippen molar-refractivity contribution < 1.29 is 14.3 Å². The molecule has 0 saturated carbocycles. The fraction of sp³-hybridized carbons (Fsp3) is 0.278. The van der Waals surface area contributed by atoms with Gasteiger partial charge < -0.3 is 21.1 Å². The highest BCUT2D eigenvalue weighted by atomic mass is 16.5. The van der Waals surface area contributed by atoms with Crippen LogP contribution in [-0.2, 0) is 26.1 Å². The number of amides is 2. The van der Waals surface area contributed by atoms with Gasteiger partial charge in [0, 0.05) is 36.4 Å².